The van der Waals surface area contributed by atoms with Crippen molar-refractivity contribution in [3.8, 4) is 16.9 Å². The van der Waals surface area contributed by atoms with E-state index in [1.165, 1.54) is 30.3 Å². The van der Waals surface area contributed by atoms with Crippen LogP contribution in [-0.2, 0) is 15.1 Å². The van der Waals surface area contributed by atoms with E-state index >= 15 is 0 Å². The molecule has 2 aromatic carbocycles. The molecule has 1 fully saturated rings. The summed E-state index contributed by atoms with van der Waals surface area (Å²) in [7, 11) is 0. The lowest BCUT2D eigenvalue weighted by molar-refractivity contribution is -0.193. The van der Waals surface area contributed by atoms with Gasteiger partial charge in [0.2, 0.25) is 11.9 Å². The van der Waals surface area contributed by atoms with E-state index in [4.69, 9.17) is 17.3 Å². The Hall–Kier alpha value is -5.59. The molecule has 0 saturated heterocycles. The summed E-state index contributed by atoms with van der Waals surface area (Å²) in [5, 5.41) is 14.9. The number of nitrogens with one attached hydrogen (secondary N) is 1. The van der Waals surface area contributed by atoms with Crippen LogP contribution in [0.4, 0.5) is 30.7 Å². The molecule has 2 aliphatic rings. The van der Waals surface area contributed by atoms with Crippen molar-refractivity contribution in [2.45, 2.75) is 69.8 Å². The number of aliphatic imine (C=N–C) groups is 1. The minimum atomic E-state index is -4.76. The number of halogens is 8. The van der Waals surface area contributed by atoms with Gasteiger partial charge < -0.3 is 11.1 Å². The molecular formula is C37H36ClF7N10O2. The van der Waals surface area contributed by atoms with Crippen LogP contribution in [0.2, 0.25) is 5.02 Å². The number of carbonyl (C=O) groups is 2. The molecule has 0 radical (unpaired) electrons. The normalized spacial score (nSPS) is 19.0. The van der Waals surface area contributed by atoms with Crippen LogP contribution in [0.1, 0.15) is 69.1 Å². The number of hydrogen-bond donors (Lipinski definition) is 2. The molecular weight excluding hydrogens is 785 g/mol. The molecule has 3 atom stereocenters. The second-order valence-corrected chi connectivity index (χ2v) is 14.7. The second-order valence-electron chi connectivity index (χ2n) is 14.3. The maximum absolute atomic E-state index is 14.9. The third-order valence-corrected chi connectivity index (χ3v) is 10.1. The minimum absolute atomic E-state index is 0.0554. The fourth-order valence-electron chi connectivity index (χ4n) is 6.17. The van der Waals surface area contributed by atoms with E-state index in [0.29, 0.717) is 18.2 Å². The van der Waals surface area contributed by atoms with Crippen LogP contribution in [0.5, 0.6) is 0 Å². The standard InChI is InChI=1S/C37H36ClF7N10O2/c1-5-24(35(4,41)42)31(56)47-18-28(21-8-13-25(38)27(16-21)54-30(29(39)40)48-19-50-54)53-32(57)36(51-33(53)46,15-14-34(2,3)37(43,44)45)22-9-6-20(7-10-22)26-17-49-55(52-26)23-11-12-23/h5-10,13-17,19,23-24,28-29H,1,11-12,18H2,2-4H3,(H2,46,51)(H,47,56)/b15-14+/t24-,28+,36+/m0/s1. The van der Waals surface area contributed by atoms with Gasteiger partial charge in [0, 0.05) is 19.0 Å². The van der Waals surface area contributed by atoms with Gasteiger partial charge in [-0.05, 0) is 56.0 Å². The highest BCUT2D eigenvalue weighted by Gasteiger charge is 2.52. The highest BCUT2D eigenvalue weighted by atomic mass is 35.5. The Morgan fingerprint density at radius 1 is 1.09 bits per heavy atom. The fourth-order valence-corrected chi connectivity index (χ4v) is 6.36. The zero-order valence-electron chi connectivity index (χ0n) is 30.6. The Labute approximate surface area is 326 Å². The number of alkyl halides is 7. The summed E-state index contributed by atoms with van der Waals surface area (Å²) in [5.74, 6) is -9.07. The number of benzene rings is 2. The molecule has 1 aliphatic heterocycles. The number of amides is 2. The maximum atomic E-state index is 14.9. The van der Waals surface area contributed by atoms with E-state index in [9.17, 15) is 40.3 Å². The number of nitrogens with zero attached hydrogens (tertiary/aromatic N) is 8. The number of nitrogens with two attached hydrogens (primary N) is 1. The van der Waals surface area contributed by atoms with Crippen molar-refractivity contribution in [2.24, 2.45) is 22.1 Å². The van der Waals surface area contributed by atoms with Crippen LogP contribution in [0.25, 0.3) is 16.9 Å². The summed E-state index contributed by atoms with van der Waals surface area (Å²) in [6.45, 7) is 5.00. The van der Waals surface area contributed by atoms with Crippen molar-refractivity contribution in [1.82, 2.24) is 40.0 Å². The van der Waals surface area contributed by atoms with Crippen molar-refractivity contribution in [2.75, 3.05) is 6.54 Å². The van der Waals surface area contributed by atoms with Gasteiger partial charge in [-0.2, -0.15) is 33.3 Å². The summed E-state index contributed by atoms with van der Waals surface area (Å²) >= 11 is 6.41. The van der Waals surface area contributed by atoms with E-state index < -0.39 is 71.6 Å². The Balaban J connectivity index is 1.46. The summed E-state index contributed by atoms with van der Waals surface area (Å²) in [6.07, 6.45) is -1.05. The third kappa shape index (κ3) is 8.01. The topological polar surface area (TPSA) is 149 Å². The highest BCUT2D eigenvalue weighted by molar-refractivity contribution is 6.32. The first-order chi connectivity index (χ1) is 26.7. The van der Waals surface area contributed by atoms with Gasteiger partial charge in [-0.1, -0.05) is 54.1 Å². The molecule has 3 N–H and O–H groups in total. The molecule has 0 unspecified atom stereocenters. The van der Waals surface area contributed by atoms with Crippen LogP contribution in [-0.4, -0.2) is 71.1 Å². The Morgan fingerprint density at radius 2 is 1.77 bits per heavy atom. The largest absolute Gasteiger partial charge is 0.397 e. The first-order valence-corrected chi connectivity index (χ1v) is 17.8. The molecule has 20 heteroatoms. The SMILES string of the molecule is C=C[C@@H](C(=O)NC[C@H](c1ccc(Cl)c(-n2ncnc2C(F)F)c1)N1C(=O)[C@@](/C=C/C(C)(C)C(F)(F)F)(c2ccc(-c3cnn(C4CC4)n3)cc2)N=C1N)C(C)(F)F. The molecule has 3 heterocycles. The number of hydrogen-bond acceptors (Lipinski definition) is 8. The summed E-state index contributed by atoms with van der Waals surface area (Å²) < 4.78 is 99.8. The third-order valence-electron chi connectivity index (χ3n) is 9.76. The highest BCUT2D eigenvalue weighted by Crippen LogP contribution is 2.44. The molecule has 302 valence electrons. The van der Waals surface area contributed by atoms with E-state index in [1.54, 1.807) is 23.1 Å². The average molecular weight is 821 g/mol. The maximum Gasteiger partial charge on any atom is 0.397 e. The number of aromatic nitrogens is 6. The average Bonchev–Trinajstić information content (AvgIpc) is 3.54. The first-order valence-electron chi connectivity index (χ1n) is 17.4. The van der Waals surface area contributed by atoms with Crippen LogP contribution in [0.3, 0.4) is 0 Å². The van der Waals surface area contributed by atoms with Gasteiger partial charge in [0.25, 0.3) is 18.3 Å². The number of guanidine groups is 1. The molecule has 2 aromatic heterocycles. The molecule has 0 bridgehead atoms. The summed E-state index contributed by atoms with van der Waals surface area (Å²) in [4.78, 5) is 38.6. The zero-order chi connectivity index (χ0) is 41.7. The second kappa shape index (κ2) is 15.1. The minimum Gasteiger partial charge on any atom is -0.369 e. The smallest absolute Gasteiger partial charge is 0.369 e. The molecule has 4 aromatic rings. The summed E-state index contributed by atoms with van der Waals surface area (Å²) in [6, 6.07) is 8.74. The molecule has 1 saturated carbocycles. The lowest BCUT2D eigenvalue weighted by atomic mass is 9.84. The Kier molecular flexibility index (Phi) is 10.8. The van der Waals surface area contributed by atoms with Crippen molar-refractivity contribution in [3.63, 3.8) is 0 Å². The monoisotopic (exact) mass is 820 g/mol. The predicted molar refractivity (Wildman–Crippen MR) is 194 cm³/mol. The molecule has 1 aliphatic carbocycles. The molecule has 12 nitrogen and oxygen atoms in total. The van der Waals surface area contributed by atoms with E-state index in [2.05, 4.69) is 37.2 Å². The van der Waals surface area contributed by atoms with Crippen molar-refractivity contribution in [3.05, 3.63) is 102 Å². The van der Waals surface area contributed by atoms with Gasteiger partial charge in [0.1, 0.15) is 17.9 Å². The van der Waals surface area contributed by atoms with E-state index in [0.717, 1.165) is 60.8 Å². The number of allylic oxidation sites excluding steroid dienone is 1. The number of carbonyl (C=O) groups excluding carboxylic acids is 2. The van der Waals surface area contributed by atoms with Crippen molar-refractivity contribution >= 4 is 29.4 Å². The van der Waals surface area contributed by atoms with Gasteiger partial charge in [-0.25, -0.2) is 32.2 Å². The Bertz CT molecular complexity index is 2230. The zero-order valence-corrected chi connectivity index (χ0v) is 31.3. The van der Waals surface area contributed by atoms with Gasteiger partial charge in [-0.15, -0.1) is 6.58 Å². The quantitative estimate of drug-likeness (QED) is 0.100. The summed E-state index contributed by atoms with van der Waals surface area (Å²) in [5.41, 5.74) is 2.85. The lowest BCUT2D eigenvalue weighted by Gasteiger charge is -2.32. The fraction of sp³-hybridized carbons (Fsp3) is 0.378. The van der Waals surface area contributed by atoms with Crippen molar-refractivity contribution < 1.29 is 40.3 Å². The van der Waals surface area contributed by atoms with E-state index in [-0.39, 0.29) is 27.9 Å². The van der Waals surface area contributed by atoms with Crippen molar-refractivity contribution in [1.29, 1.82) is 0 Å². The Morgan fingerprint density at radius 3 is 2.37 bits per heavy atom. The molecule has 57 heavy (non-hydrogen) atoms. The molecule has 2 amide bonds. The predicted octanol–water partition coefficient (Wildman–Crippen LogP) is 7.26. The number of rotatable bonds is 14. The van der Waals surface area contributed by atoms with Crippen LogP contribution < -0.4 is 11.1 Å². The van der Waals surface area contributed by atoms with Crippen LogP contribution in [0.15, 0.2) is 84.8 Å². The first kappa shape index (κ1) is 41.1. The van der Waals surface area contributed by atoms with Gasteiger partial charge in [0.05, 0.1) is 34.4 Å². The van der Waals surface area contributed by atoms with E-state index in [1.807, 2.05) is 0 Å². The molecule has 6 rings (SSSR count). The van der Waals surface area contributed by atoms with Gasteiger partial charge >= 0.3 is 6.18 Å². The van der Waals surface area contributed by atoms with Crippen LogP contribution in [0, 0.1) is 11.3 Å². The van der Waals surface area contributed by atoms with Gasteiger partial charge in [0.15, 0.2) is 11.4 Å². The van der Waals surface area contributed by atoms with Crippen LogP contribution >= 0.6 is 11.6 Å². The lowest BCUT2D eigenvalue weighted by Crippen LogP contribution is -2.49. The van der Waals surface area contributed by atoms with Gasteiger partial charge in [-0.3, -0.25) is 14.5 Å². The molecule has 0 spiro atoms.